The third-order valence-electron chi connectivity index (χ3n) is 4.01. The molecule has 1 aromatic carbocycles. The van der Waals surface area contributed by atoms with Gasteiger partial charge in [0, 0.05) is 0 Å². The molecule has 1 aliphatic heterocycles. The van der Waals surface area contributed by atoms with Gasteiger partial charge in [-0.2, -0.15) is 0 Å². The summed E-state index contributed by atoms with van der Waals surface area (Å²) in [6, 6.07) is 10.4. The number of carbonyl (C=O) groups is 1. The van der Waals surface area contributed by atoms with Gasteiger partial charge in [-0.15, -0.1) is 0 Å². The van der Waals surface area contributed by atoms with Gasteiger partial charge in [0.1, 0.15) is 0 Å². The fourth-order valence-corrected chi connectivity index (χ4v) is 2.84. The normalized spacial score (nSPS) is 18.2. The highest BCUT2D eigenvalue weighted by atomic mass is 16.2. The standard InChI is InChI=1S/C17H26N2O/c1-2-16(15-10-6-5-7-11-15)18-17(20)14-19-12-8-3-4-9-13-19/h5-7,10-11,16H,2-4,8-9,12-14H2,1H3,(H,18,20). The van der Waals surface area contributed by atoms with Crippen molar-refractivity contribution in [1.29, 1.82) is 0 Å². The lowest BCUT2D eigenvalue weighted by molar-refractivity contribution is -0.123. The molecule has 3 heteroatoms. The van der Waals surface area contributed by atoms with E-state index in [2.05, 4.69) is 29.3 Å². The maximum atomic E-state index is 12.2. The Kier molecular flexibility index (Phi) is 6.06. The zero-order valence-electron chi connectivity index (χ0n) is 12.5. The van der Waals surface area contributed by atoms with Crippen LogP contribution in [-0.4, -0.2) is 30.4 Å². The Hall–Kier alpha value is -1.35. The maximum Gasteiger partial charge on any atom is 0.234 e. The summed E-state index contributed by atoms with van der Waals surface area (Å²) in [5.41, 5.74) is 1.19. The van der Waals surface area contributed by atoms with Crippen LogP contribution in [0.3, 0.4) is 0 Å². The number of amides is 1. The van der Waals surface area contributed by atoms with Gasteiger partial charge >= 0.3 is 0 Å². The lowest BCUT2D eigenvalue weighted by atomic mass is 10.0. The molecule has 1 atom stereocenters. The number of benzene rings is 1. The molecule has 1 saturated heterocycles. The monoisotopic (exact) mass is 274 g/mol. The van der Waals surface area contributed by atoms with E-state index in [0.717, 1.165) is 19.5 Å². The fourth-order valence-electron chi connectivity index (χ4n) is 2.84. The first-order chi connectivity index (χ1) is 9.79. The van der Waals surface area contributed by atoms with Crippen molar-refractivity contribution in [2.75, 3.05) is 19.6 Å². The summed E-state index contributed by atoms with van der Waals surface area (Å²) in [4.78, 5) is 14.5. The van der Waals surface area contributed by atoms with Crippen LogP contribution in [0.25, 0.3) is 0 Å². The molecule has 1 N–H and O–H groups in total. The van der Waals surface area contributed by atoms with E-state index in [4.69, 9.17) is 0 Å². The average Bonchev–Trinajstić information content (AvgIpc) is 2.74. The molecule has 110 valence electrons. The molecule has 0 aromatic heterocycles. The Morgan fingerprint density at radius 3 is 2.40 bits per heavy atom. The zero-order valence-corrected chi connectivity index (χ0v) is 12.5. The van der Waals surface area contributed by atoms with Crippen LogP contribution in [0, 0.1) is 0 Å². The van der Waals surface area contributed by atoms with Gasteiger partial charge in [0.25, 0.3) is 0 Å². The second-order valence-corrected chi connectivity index (χ2v) is 5.63. The third-order valence-corrected chi connectivity index (χ3v) is 4.01. The van der Waals surface area contributed by atoms with Gasteiger partial charge in [-0.05, 0) is 37.9 Å². The Morgan fingerprint density at radius 2 is 1.80 bits per heavy atom. The van der Waals surface area contributed by atoms with Gasteiger partial charge in [-0.3, -0.25) is 9.69 Å². The van der Waals surface area contributed by atoms with Crippen molar-refractivity contribution < 1.29 is 4.79 Å². The SMILES string of the molecule is CCC(NC(=O)CN1CCCCCC1)c1ccccc1. The van der Waals surface area contributed by atoms with Crippen molar-refractivity contribution in [2.45, 2.75) is 45.1 Å². The molecule has 1 fully saturated rings. The quantitative estimate of drug-likeness (QED) is 0.894. The number of nitrogens with zero attached hydrogens (tertiary/aromatic N) is 1. The highest BCUT2D eigenvalue weighted by molar-refractivity contribution is 5.78. The predicted molar refractivity (Wildman–Crippen MR) is 82.5 cm³/mol. The summed E-state index contributed by atoms with van der Waals surface area (Å²) >= 11 is 0. The minimum absolute atomic E-state index is 0.135. The smallest absolute Gasteiger partial charge is 0.234 e. The molecule has 1 unspecified atom stereocenters. The second kappa shape index (κ2) is 8.05. The minimum Gasteiger partial charge on any atom is -0.348 e. The Bertz CT molecular complexity index is 397. The number of likely N-dealkylation sites (tertiary alicyclic amines) is 1. The van der Waals surface area contributed by atoms with Crippen LogP contribution in [0.2, 0.25) is 0 Å². The Labute approximate surface area is 122 Å². The van der Waals surface area contributed by atoms with E-state index < -0.39 is 0 Å². The highest BCUT2D eigenvalue weighted by Crippen LogP contribution is 2.16. The molecule has 3 nitrogen and oxygen atoms in total. The molecular formula is C17H26N2O. The highest BCUT2D eigenvalue weighted by Gasteiger charge is 2.16. The van der Waals surface area contributed by atoms with Gasteiger partial charge in [0.05, 0.1) is 12.6 Å². The number of hydrogen-bond acceptors (Lipinski definition) is 2. The maximum absolute atomic E-state index is 12.2. The minimum atomic E-state index is 0.135. The molecule has 1 amide bonds. The molecule has 20 heavy (non-hydrogen) atoms. The predicted octanol–water partition coefficient (Wildman–Crippen LogP) is 3.13. The number of carbonyl (C=O) groups excluding carboxylic acids is 1. The number of nitrogens with one attached hydrogen (secondary N) is 1. The van der Waals surface area contributed by atoms with Gasteiger partial charge in [-0.1, -0.05) is 50.1 Å². The molecular weight excluding hydrogens is 248 g/mol. The van der Waals surface area contributed by atoms with Gasteiger partial charge < -0.3 is 5.32 Å². The van der Waals surface area contributed by atoms with E-state index in [-0.39, 0.29) is 11.9 Å². The largest absolute Gasteiger partial charge is 0.348 e. The molecule has 0 aliphatic carbocycles. The van der Waals surface area contributed by atoms with Crippen LogP contribution in [0.1, 0.15) is 50.6 Å². The number of hydrogen-bond donors (Lipinski definition) is 1. The van der Waals surface area contributed by atoms with Crippen molar-refractivity contribution in [2.24, 2.45) is 0 Å². The van der Waals surface area contributed by atoms with E-state index in [0.29, 0.717) is 6.54 Å². The molecule has 1 aromatic rings. The average molecular weight is 274 g/mol. The summed E-state index contributed by atoms with van der Waals surface area (Å²) in [5.74, 6) is 0.155. The van der Waals surface area contributed by atoms with Gasteiger partial charge in [-0.25, -0.2) is 0 Å². The zero-order chi connectivity index (χ0) is 14.2. The van der Waals surface area contributed by atoms with Crippen LogP contribution in [0.15, 0.2) is 30.3 Å². The molecule has 2 rings (SSSR count). The summed E-state index contributed by atoms with van der Waals surface area (Å²) in [6.07, 6.45) is 5.99. The van der Waals surface area contributed by atoms with E-state index in [1.807, 2.05) is 18.2 Å². The van der Waals surface area contributed by atoms with Crippen molar-refractivity contribution >= 4 is 5.91 Å². The topological polar surface area (TPSA) is 32.3 Å². The molecule has 0 bridgehead atoms. The van der Waals surface area contributed by atoms with E-state index in [9.17, 15) is 4.79 Å². The summed E-state index contributed by atoms with van der Waals surface area (Å²) in [7, 11) is 0. The Balaban J connectivity index is 1.86. The van der Waals surface area contributed by atoms with Crippen LogP contribution >= 0.6 is 0 Å². The van der Waals surface area contributed by atoms with Gasteiger partial charge in [0.2, 0.25) is 5.91 Å². The van der Waals surface area contributed by atoms with E-state index >= 15 is 0 Å². The fraction of sp³-hybridized carbons (Fsp3) is 0.588. The summed E-state index contributed by atoms with van der Waals surface area (Å²) in [5, 5.41) is 3.17. The number of rotatable bonds is 5. The van der Waals surface area contributed by atoms with Crippen LogP contribution in [0.5, 0.6) is 0 Å². The second-order valence-electron chi connectivity index (χ2n) is 5.63. The van der Waals surface area contributed by atoms with E-state index in [1.165, 1.54) is 31.2 Å². The molecule has 0 spiro atoms. The first-order valence-electron chi connectivity index (χ1n) is 7.86. The van der Waals surface area contributed by atoms with Crippen LogP contribution < -0.4 is 5.32 Å². The van der Waals surface area contributed by atoms with Gasteiger partial charge in [0.15, 0.2) is 0 Å². The molecule has 1 aliphatic rings. The molecule has 1 heterocycles. The lowest BCUT2D eigenvalue weighted by Crippen LogP contribution is -2.39. The van der Waals surface area contributed by atoms with E-state index in [1.54, 1.807) is 0 Å². The first kappa shape index (κ1) is 15.0. The molecule has 0 radical (unpaired) electrons. The lowest BCUT2D eigenvalue weighted by Gasteiger charge is -2.22. The summed E-state index contributed by atoms with van der Waals surface area (Å²) < 4.78 is 0. The first-order valence-corrected chi connectivity index (χ1v) is 7.86. The van der Waals surface area contributed by atoms with Crippen molar-refractivity contribution in [3.63, 3.8) is 0 Å². The molecule has 0 saturated carbocycles. The van der Waals surface area contributed by atoms with Crippen LogP contribution in [0.4, 0.5) is 0 Å². The third kappa shape index (κ3) is 4.64. The Morgan fingerprint density at radius 1 is 1.15 bits per heavy atom. The summed E-state index contributed by atoms with van der Waals surface area (Å²) in [6.45, 7) is 4.79. The van der Waals surface area contributed by atoms with Crippen LogP contribution in [-0.2, 0) is 4.79 Å². The van der Waals surface area contributed by atoms with Crippen molar-refractivity contribution in [1.82, 2.24) is 10.2 Å². The van der Waals surface area contributed by atoms with Crippen molar-refractivity contribution in [3.8, 4) is 0 Å². The van der Waals surface area contributed by atoms with Crippen molar-refractivity contribution in [3.05, 3.63) is 35.9 Å².